The lowest BCUT2D eigenvalue weighted by Gasteiger charge is -2.16. The van der Waals surface area contributed by atoms with Crippen LogP contribution in [0.5, 0.6) is 0 Å². The van der Waals surface area contributed by atoms with Gasteiger partial charge in [0.25, 0.3) is 0 Å². The predicted octanol–water partition coefficient (Wildman–Crippen LogP) is 2.45. The maximum absolute atomic E-state index is 9.65. The van der Waals surface area contributed by atoms with Crippen LogP contribution in [-0.4, -0.2) is 17.3 Å². The van der Waals surface area contributed by atoms with Crippen LogP contribution in [0.4, 0.5) is 0 Å². The third kappa shape index (κ3) is 3.03. The predicted molar refractivity (Wildman–Crippen MR) is 64.6 cm³/mol. The fraction of sp³-hybridized carbons (Fsp3) is 0.500. The summed E-state index contributed by atoms with van der Waals surface area (Å²) >= 11 is 3.45. The molecule has 2 atom stereocenters. The largest absolute Gasteiger partial charge is 0.392 e. The van der Waals surface area contributed by atoms with Crippen molar-refractivity contribution in [2.24, 2.45) is 0 Å². The molecule has 1 saturated carbocycles. The number of benzene rings is 1. The quantitative estimate of drug-likeness (QED) is 0.884. The highest BCUT2D eigenvalue weighted by Gasteiger charge is 2.24. The van der Waals surface area contributed by atoms with Gasteiger partial charge in [0, 0.05) is 17.1 Å². The van der Waals surface area contributed by atoms with Crippen LogP contribution in [0.15, 0.2) is 28.7 Å². The summed E-state index contributed by atoms with van der Waals surface area (Å²) in [5, 5.41) is 13.1. The second-order valence-electron chi connectivity index (χ2n) is 4.12. The standard InChI is InChI=1S/C12H16BrNO/c13-10-4-1-3-9(7-10)8-14-11-5-2-6-12(11)15/h1,3-4,7,11-12,14-15H,2,5-6,8H2/t11-,12-/m1/s1. The van der Waals surface area contributed by atoms with Gasteiger partial charge in [0.05, 0.1) is 6.10 Å². The first-order valence-corrected chi connectivity index (χ1v) is 6.21. The normalized spacial score (nSPS) is 25.7. The fourth-order valence-electron chi connectivity index (χ4n) is 2.07. The van der Waals surface area contributed by atoms with Gasteiger partial charge in [-0.15, -0.1) is 0 Å². The first kappa shape index (κ1) is 11.1. The monoisotopic (exact) mass is 269 g/mol. The first-order chi connectivity index (χ1) is 7.25. The number of rotatable bonds is 3. The van der Waals surface area contributed by atoms with Crippen molar-refractivity contribution in [3.8, 4) is 0 Å². The zero-order chi connectivity index (χ0) is 10.7. The number of aliphatic hydroxyl groups is 1. The third-order valence-electron chi connectivity index (χ3n) is 2.94. The van der Waals surface area contributed by atoms with Crippen LogP contribution in [0.25, 0.3) is 0 Å². The van der Waals surface area contributed by atoms with Crippen molar-refractivity contribution >= 4 is 15.9 Å². The van der Waals surface area contributed by atoms with Gasteiger partial charge in [-0.25, -0.2) is 0 Å². The summed E-state index contributed by atoms with van der Waals surface area (Å²) < 4.78 is 1.11. The molecule has 0 bridgehead atoms. The maximum Gasteiger partial charge on any atom is 0.0693 e. The molecule has 0 aromatic heterocycles. The smallest absolute Gasteiger partial charge is 0.0693 e. The Morgan fingerprint density at radius 3 is 2.93 bits per heavy atom. The number of halogens is 1. The molecular formula is C12H16BrNO. The summed E-state index contributed by atoms with van der Waals surface area (Å²) in [4.78, 5) is 0. The van der Waals surface area contributed by atoms with E-state index in [4.69, 9.17) is 0 Å². The molecule has 15 heavy (non-hydrogen) atoms. The molecule has 0 aliphatic heterocycles. The van der Waals surface area contributed by atoms with Gasteiger partial charge < -0.3 is 10.4 Å². The van der Waals surface area contributed by atoms with E-state index in [2.05, 4.69) is 33.4 Å². The minimum absolute atomic E-state index is 0.155. The van der Waals surface area contributed by atoms with Crippen molar-refractivity contribution in [3.05, 3.63) is 34.3 Å². The Kier molecular flexibility index (Phi) is 3.78. The summed E-state index contributed by atoms with van der Waals surface area (Å²) in [7, 11) is 0. The first-order valence-electron chi connectivity index (χ1n) is 5.41. The molecule has 2 rings (SSSR count). The van der Waals surface area contributed by atoms with Crippen molar-refractivity contribution in [2.75, 3.05) is 0 Å². The molecule has 0 radical (unpaired) electrons. The van der Waals surface area contributed by atoms with Crippen LogP contribution in [0, 0.1) is 0 Å². The van der Waals surface area contributed by atoms with Crippen LogP contribution < -0.4 is 5.32 Å². The molecule has 1 aromatic carbocycles. The zero-order valence-electron chi connectivity index (χ0n) is 8.62. The lowest BCUT2D eigenvalue weighted by atomic mass is 10.2. The summed E-state index contributed by atoms with van der Waals surface area (Å²) in [5.41, 5.74) is 1.25. The van der Waals surface area contributed by atoms with Gasteiger partial charge in [-0.3, -0.25) is 0 Å². The molecule has 0 amide bonds. The summed E-state index contributed by atoms with van der Waals surface area (Å²) in [6.45, 7) is 0.834. The summed E-state index contributed by atoms with van der Waals surface area (Å²) in [6, 6.07) is 8.54. The Bertz CT molecular complexity index is 329. The highest BCUT2D eigenvalue weighted by atomic mass is 79.9. The second kappa shape index (κ2) is 5.10. The van der Waals surface area contributed by atoms with E-state index in [1.165, 1.54) is 5.56 Å². The Morgan fingerprint density at radius 1 is 1.40 bits per heavy atom. The van der Waals surface area contributed by atoms with E-state index >= 15 is 0 Å². The molecule has 1 fully saturated rings. The van der Waals surface area contributed by atoms with Crippen molar-refractivity contribution in [3.63, 3.8) is 0 Å². The molecule has 0 heterocycles. The van der Waals surface area contributed by atoms with Crippen LogP contribution in [-0.2, 0) is 6.54 Å². The molecule has 1 aliphatic rings. The Labute approximate surface area is 98.8 Å². The van der Waals surface area contributed by atoms with Gasteiger partial charge >= 0.3 is 0 Å². The Hall–Kier alpha value is -0.380. The molecule has 2 N–H and O–H groups in total. The van der Waals surface area contributed by atoms with E-state index in [-0.39, 0.29) is 12.1 Å². The average Bonchev–Trinajstić information content (AvgIpc) is 2.61. The van der Waals surface area contributed by atoms with Crippen molar-refractivity contribution < 1.29 is 5.11 Å². The lowest BCUT2D eigenvalue weighted by Crippen LogP contribution is -2.34. The number of hydrogen-bond donors (Lipinski definition) is 2. The molecular weight excluding hydrogens is 254 g/mol. The van der Waals surface area contributed by atoms with Crippen molar-refractivity contribution in [1.29, 1.82) is 0 Å². The molecule has 0 unspecified atom stereocenters. The highest BCUT2D eigenvalue weighted by molar-refractivity contribution is 9.10. The van der Waals surface area contributed by atoms with Gasteiger partial charge in [0.2, 0.25) is 0 Å². The SMILES string of the molecule is O[C@@H]1CCC[C@H]1NCc1cccc(Br)c1. The Balaban J connectivity index is 1.87. The van der Waals surface area contributed by atoms with E-state index in [0.29, 0.717) is 0 Å². The molecule has 3 heteroatoms. The zero-order valence-corrected chi connectivity index (χ0v) is 10.2. The molecule has 2 nitrogen and oxygen atoms in total. The number of hydrogen-bond acceptors (Lipinski definition) is 2. The van der Waals surface area contributed by atoms with Gasteiger partial charge in [-0.1, -0.05) is 28.1 Å². The molecule has 0 saturated heterocycles. The average molecular weight is 270 g/mol. The fourth-order valence-corrected chi connectivity index (χ4v) is 2.52. The molecule has 0 spiro atoms. The van der Waals surface area contributed by atoms with Gasteiger partial charge in [0.15, 0.2) is 0 Å². The van der Waals surface area contributed by atoms with Crippen molar-refractivity contribution in [2.45, 2.75) is 38.0 Å². The minimum atomic E-state index is -0.155. The highest BCUT2D eigenvalue weighted by Crippen LogP contribution is 2.19. The van der Waals surface area contributed by atoms with Crippen molar-refractivity contribution in [1.82, 2.24) is 5.32 Å². The van der Waals surface area contributed by atoms with E-state index in [1.807, 2.05) is 12.1 Å². The number of nitrogens with one attached hydrogen (secondary N) is 1. The maximum atomic E-state index is 9.65. The van der Waals surface area contributed by atoms with Crippen LogP contribution >= 0.6 is 15.9 Å². The van der Waals surface area contributed by atoms with Gasteiger partial charge in [-0.05, 0) is 37.0 Å². The molecule has 1 aromatic rings. The van der Waals surface area contributed by atoms with E-state index in [0.717, 1.165) is 30.3 Å². The minimum Gasteiger partial charge on any atom is -0.392 e. The van der Waals surface area contributed by atoms with Crippen LogP contribution in [0.2, 0.25) is 0 Å². The summed E-state index contributed by atoms with van der Waals surface area (Å²) in [5.74, 6) is 0. The van der Waals surface area contributed by atoms with Gasteiger partial charge in [-0.2, -0.15) is 0 Å². The topological polar surface area (TPSA) is 32.3 Å². The van der Waals surface area contributed by atoms with Crippen LogP contribution in [0.1, 0.15) is 24.8 Å². The second-order valence-corrected chi connectivity index (χ2v) is 5.03. The van der Waals surface area contributed by atoms with Gasteiger partial charge in [0.1, 0.15) is 0 Å². The lowest BCUT2D eigenvalue weighted by molar-refractivity contribution is 0.148. The number of aliphatic hydroxyl groups excluding tert-OH is 1. The third-order valence-corrected chi connectivity index (χ3v) is 3.43. The molecule has 82 valence electrons. The van der Waals surface area contributed by atoms with Crippen LogP contribution in [0.3, 0.4) is 0 Å². The van der Waals surface area contributed by atoms with E-state index in [1.54, 1.807) is 0 Å². The van der Waals surface area contributed by atoms with E-state index in [9.17, 15) is 5.11 Å². The Morgan fingerprint density at radius 2 is 2.27 bits per heavy atom. The summed E-state index contributed by atoms with van der Waals surface area (Å²) in [6.07, 6.45) is 3.01. The molecule has 1 aliphatic carbocycles. The van der Waals surface area contributed by atoms with E-state index < -0.39 is 0 Å².